The molecule has 0 bridgehead atoms. The summed E-state index contributed by atoms with van der Waals surface area (Å²) in [6.07, 6.45) is 17.4. The number of para-hydroxylation sites is 1. The number of pyridine rings is 1. The number of fused-ring (bicyclic) bond motifs is 2. The maximum Gasteiger partial charge on any atom is 0.207 e. The minimum absolute atomic E-state index is 0.315. The van der Waals surface area contributed by atoms with Crippen LogP contribution in [0.1, 0.15) is 24.2 Å². The van der Waals surface area contributed by atoms with Crippen molar-refractivity contribution in [1.82, 2.24) is 20.3 Å². The zero-order valence-corrected chi connectivity index (χ0v) is 18.5. The van der Waals surface area contributed by atoms with Crippen LogP contribution in [0.5, 0.6) is 11.5 Å². The van der Waals surface area contributed by atoms with Gasteiger partial charge in [0.15, 0.2) is 0 Å². The molecule has 1 aliphatic carbocycles. The molecule has 2 aromatic heterocycles. The third kappa shape index (κ3) is 4.54. The van der Waals surface area contributed by atoms with Crippen LogP contribution in [0, 0.1) is 30.6 Å². The minimum Gasteiger partial charge on any atom is -0.454 e. The third-order valence-electron chi connectivity index (χ3n) is 6.05. The van der Waals surface area contributed by atoms with E-state index < -0.39 is 0 Å². The van der Waals surface area contributed by atoms with Crippen molar-refractivity contribution in [3.8, 4) is 36.2 Å². The summed E-state index contributed by atoms with van der Waals surface area (Å²) in [5.41, 5.74) is 2.13. The SMILES string of the molecule is C#Cc1nc(Nc2ccc(Oc3cccnc3)c(C#C)c2)c2ccccc2n1.C1CC2NCC12. The number of ether oxygens (including phenoxy) is 1. The summed E-state index contributed by atoms with van der Waals surface area (Å²) in [6.45, 7) is 1.31. The average molecular weight is 446 g/mol. The van der Waals surface area contributed by atoms with Crippen molar-refractivity contribution in [3.05, 3.63) is 78.4 Å². The van der Waals surface area contributed by atoms with Crippen molar-refractivity contribution in [2.45, 2.75) is 18.9 Å². The van der Waals surface area contributed by atoms with Crippen molar-refractivity contribution in [3.63, 3.8) is 0 Å². The minimum atomic E-state index is 0.315. The van der Waals surface area contributed by atoms with Crippen molar-refractivity contribution in [2.24, 2.45) is 5.92 Å². The standard InChI is InChI=1S/C23H14N4O.C5H9N/c1-3-16-14-17(11-12-21(16)28-18-8-7-13-24-15-18)25-23-19-9-5-6-10-20(19)26-22(4-2)27-23;1-2-5-4(1)3-6-5/h1-2,5-15H,(H,25,26,27);4-6H,1-3H2. The Morgan fingerprint density at radius 3 is 2.53 bits per heavy atom. The van der Waals surface area contributed by atoms with Crippen LogP contribution in [0.25, 0.3) is 10.9 Å². The van der Waals surface area contributed by atoms with Crippen LogP contribution in [0.3, 0.4) is 0 Å². The van der Waals surface area contributed by atoms with Crippen LogP contribution in [0.4, 0.5) is 11.5 Å². The highest BCUT2D eigenvalue weighted by molar-refractivity contribution is 5.91. The lowest BCUT2D eigenvalue weighted by molar-refractivity contribution is 0.111. The smallest absolute Gasteiger partial charge is 0.207 e. The molecule has 166 valence electrons. The van der Waals surface area contributed by atoms with Crippen molar-refractivity contribution < 1.29 is 4.74 Å². The number of hydrogen-bond donors (Lipinski definition) is 2. The number of hydrogen-bond acceptors (Lipinski definition) is 6. The van der Waals surface area contributed by atoms with E-state index >= 15 is 0 Å². The molecule has 0 spiro atoms. The van der Waals surface area contributed by atoms with Crippen LogP contribution in [0.2, 0.25) is 0 Å². The maximum atomic E-state index is 5.83. The predicted octanol–water partition coefficient (Wildman–Crippen LogP) is 4.89. The van der Waals surface area contributed by atoms with Gasteiger partial charge < -0.3 is 15.4 Å². The number of aromatic nitrogens is 3. The molecule has 1 aliphatic heterocycles. The van der Waals surface area contributed by atoms with Crippen LogP contribution >= 0.6 is 0 Å². The first-order chi connectivity index (χ1) is 16.7. The molecular formula is C28H23N5O. The lowest BCUT2D eigenvalue weighted by atomic mass is 9.74. The van der Waals surface area contributed by atoms with E-state index in [-0.39, 0.29) is 0 Å². The van der Waals surface area contributed by atoms with E-state index in [1.807, 2.05) is 42.5 Å². The van der Waals surface area contributed by atoms with Gasteiger partial charge >= 0.3 is 0 Å². The summed E-state index contributed by atoms with van der Waals surface area (Å²) < 4.78 is 5.83. The number of rotatable bonds is 4. The molecule has 1 saturated heterocycles. The lowest BCUT2D eigenvalue weighted by Gasteiger charge is -2.47. The number of nitrogens with zero attached hydrogens (tertiary/aromatic N) is 3. The van der Waals surface area contributed by atoms with E-state index in [1.165, 1.54) is 19.4 Å². The summed E-state index contributed by atoms with van der Waals surface area (Å²) >= 11 is 0. The third-order valence-corrected chi connectivity index (χ3v) is 6.05. The molecule has 2 aliphatic rings. The van der Waals surface area contributed by atoms with Gasteiger partial charge in [-0.25, -0.2) is 9.97 Å². The quantitative estimate of drug-likeness (QED) is 0.436. The number of benzene rings is 2. The summed E-state index contributed by atoms with van der Waals surface area (Å²) in [5, 5.41) is 7.48. The Morgan fingerprint density at radius 1 is 1.00 bits per heavy atom. The van der Waals surface area contributed by atoms with Gasteiger partial charge in [0, 0.05) is 23.3 Å². The van der Waals surface area contributed by atoms with Gasteiger partial charge in [-0.05, 0) is 73.7 Å². The molecule has 6 heteroatoms. The molecule has 2 atom stereocenters. The summed E-state index contributed by atoms with van der Waals surface area (Å²) in [7, 11) is 0. The molecule has 0 amide bonds. The molecule has 6 nitrogen and oxygen atoms in total. The number of piperidine rings is 1. The van der Waals surface area contributed by atoms with Crippen LogP contribution < -0.4 is 15.4 Å². The Hall–Kier alpha value is -4.39. The second-order valence-electron chi connectivity index (χ2n) is 8.18. The van der Waals surface area contributed by atoms with E-state index in [4.69, 9.17) is 17.6 Å². The van der Waals surface area contributed by atoms with Crippen LogP contribution in [-0.4, -0.2) is 27.5 Å². The monoisotopic (exact) mass is 445 g/mol. The summed E-state index contributed by atoms with van der Waals surface area (Å²) in [6, 6.07) is 17.7. The van der Waals surface area contributed by atoms with Gasteiger partial charge in [-0.1, -0.05) is 18.1 Å². The number of terminal acetylenes is 2. The van der Waals surface area contributed by atoms with Crippen LogP contribution in [0.15, 0.2) is 67.0 Å². The molecule has 3 heterocycles. The molecule has 2 fully saturated rings. The first kappa shape index (κ1) is 21.5. The number of anilines is 2. The van der Waals surface area contributed by atoms with E-state index in [1.54, 1.807) is 24.5 Å². The molecule has 0 radical (unpaired) electrons. The van der Waals surface area contributed by atoms with Gasteiger partial charge in [0.05, 0.1) is 17.3 Å². The molecule has 34 heavy (non-hydrogen) atoms. The largest absolute Gasteiger partial charge is 0.454 e. The highest BCUT2D eigenvalue weighted by Crippen LogP contribution is 2.33. The topological polar surface area (TPSA) is 72.0 Å². The zero-order chi connectivity index (χ0) is 23.3. The van der Waals surface area contributed by atoms with Crippen molar-refractivity contribution in [1.29, 1.82) is 0 Å². The Morgan fingerprint density at radius 2 is 1.88 bits per heavy atom. The maximum absolute atomic E-state index is 5.83. The highest BCUT2D eigenvalue weighted by atomic mass is 16.5. The number of nitrogens with one attached hydrogen (secondary N) is 2. The predicted molar refractivity (Wildman–Crippen MR) is 134 cm³/mol. The zero-order valence-electron chi connectivity index (χ0n) is 18.5. The van der Waals surface area contributed by atoms with Gasteiger partial charge in [-0.3, -0.25) is 4.98 Å². The van der Waals surface area contributed by atoms with E-state index in [0.717, 1.165) is 28.6 Å². The Balaban J connectivity index is 0.000000343. The van der Waals surface area contributed by atoms with Gasteiger partial charge in [0.2, 0.25) is 5.82 Å². The fraction of sp³-hybridized carbons (Fsp3) is 0.179. The van der Waals surface area contributed by atoms with Gasteiger partial charge in [0.1, 0.15) is 17.3 Å². The van der Waals surface area contributed by atoms with Crippen molar-refractivity contribution in [2.75, 3.05) is 11.9 Å². The highest BCUT2D eigenvalue weighted by Gasteiger charge is 2.37. The molecule has 6 rings (SSSR count). The Labute approximate surface area is 198 Å². The van der Waals surface area contributed by atoms with E-state index in [2.05, 4.69) is 37.4 Å². The molecule has 2 N–H and O–H groups in total. The first-order valence-electron chi connectivity index (χ1n) is 11.2. The van der Waals surface area contributed by atoms with Gasteiger partial charge in [-0.15, -0.1) is 12.8 Å². The molecule has 2 aromatic carbocycles. The molecular weight excluding hydrogens is 422 g/mol. The average Bonchev–Trinajstić information content (AvgIpc) is 2.88. The van der Waals surface area contributed by atoms with Gasteiger partial charge in [0.25, 0.3) is 0 Å². The second kappa shape index (κ2) is 9.62. The molecule has 2 unspecified atom stereocenters. The van der Waals surface area contributed by atoms with Crippen molar-refractivity contribution >= 4 is 22.4 Å². The lowest BCUT2D eigenvalue weighted by Crippen LogP contribution is -2.59. The summed E-state index contributed by atoms with van der Waals surface area (Å²) in [4.78, 5) is 12.8. The fourth-order valence-corrected chi connectivity index (χ4v) is 3.94. The molecule has 1 saturated carbocycles. The first-order valence-corrected chi connectivity index (χ1v) is 11.2. The molecule has 4 aromatic rings. The Kier molecular flexibility index (Phi) is 6.07. The Bertz CT molecular complexity index is 1390. The van der Waals surface area contributed by atoms with E-state index in [0.29, 0.717) is 28.7 Å². The normalized spacial score (nSPS) is 17.5. The van der Waals surface area contributed by atoms with Crippen LogP contribution in [-0.2, 0) is 0 Å². The fourth-order valence-electron chi connectivity index (χ4n) is 3.94. The second-order valence-corrected chi connectivity index (χ2v) is 8.18. The van der Waals surface area contributed by atoms with Gasteiger partial charge in [-0.2, -0.15) is 0 Å². The van der Waals surface area contributed by atoms with E-state index in [9.17, 15) is 0 Å². The summed E-state index contributed by atoms with van der Waals surface area (Å²) in [5.74, 6) is 8.34.